The fourth-order valence-electron chi connectivity index (χ4n) is 3.21. The molecule has 6 nitrogen and oxygen atoms in total. The summed E-state index contributed by atoms with van der Waals surface area (Å²) in [6.45, 7) is 7.03. The maximum atomic E-state index is 12.2. The average Bonchev–Trinajstić information content (AvgIpc) is 3.27. The number of hydrogen-bond donors (Lipinski definition) is 0. The predicted molar refractivity (Wildman–Crippen MR) is 73.9 cm³/mol. The number of ether oxygens (including phenoxy) is 1. The first-order valence-corrected chi connectivity index (χ1v) is 7.69. The summed E-state index contributed by atoms with van der Waals surface area (Å²) in [6.07, 6.45) is 3.11. The minimum absolute atomic E-state index is 0.100. The number of likely N-dealkylation sites (tertiary alicyclic amines) is 1. The van der Waals surface area contributed by atoms with Gasteiger partial charge in [0.05, 0.1) is 5.41 Å². The molecular formula is C15H21N3O3. The Bertz CT molecular complexity index is 587. The molecule has 0 bridgehead atoms. The lowest BCUT2D eigenvalue weighted by Gasteiger charge is -2.25. The molecule has 6 heteroatoms. The molecule has 2 heterocycles. The number of rotatable bonds is 2. The molecule has 3 aliphatic rings. The molecule has 0 N–H and O–H groups in total. The summed E-state index contributed by atoms with van der Waals surface area (Å²) >= 11 is 0. The molecule has 1 aromatic heterocycles. The van der Waals surface area contributed by atoms with Gasteiger partial charge in [0.2, 0.25) is 11.8 Å². The maximum absolute atomic E-state index is 12.2. The number of carbonyl (C=O) groups excluding carboxylic acids is 1. The lowest BCUT2D eigenvalue weighted by Crippen LogP contribution is -2.37. The van der Waals surface area contributed by atoms with Gasteiger partial charge in [0, 0.05) is 19.0 Å². The average molecular weight is 291 g/mol. The molecule has 2 atom stereocenters. The zero-order valence-corrected chi connectivity index (χ0v) is 12.8. The van der Waals surface area contributed by atoms with Crippen molar-refractivity contribution in [2.24, 2.45) is 5.92 Å². The van der Waals surface area contributed by atoms with Crippen molar-refractivity contribution >= 4 is 6.09 Å². The number of piperidine rings is 1. The summed E-state index contributed by atoms with van der Waals surface area (Å²) < 4.78 is 11.3. The molecule has 4 rings (SSSR count). The van der Waals surface area contributed by atoms with E-state index in [-0.39, 0.29) is 11.5 Å². The van der Waals surface area contributed by atoms with E-state index in [0.717, 1.165) is 37.6 Å². The van der Waals surface area contributed by atoms with Crippen molar-refractivity contribution in [3.8, 4) is 0 Å². The van der Waals surface area contributed by atoms with Crippen LogP contribution < -0.4 is 0 Å². The summed E-state index contributed by atoms with van der Waals surface area (Å²) in [5.74, 6) is 2.42. The van der Waals surface area contributed by atoms with Gasteiger partial charge in [-0.25, -0.2) is 4.79 Å². The van der Waals surface area contributed by atoms with Crippen molar-refractivity contribution in [3.63, 3.8) is 0 Å². The topological polar surface area (TPSA) is 68.5 Å². The molecule has 0 spiro atoms. The molecular weight excluding hydrogens is 270 g/mol. The van der Waals surface area contributed by atoms with Gasteiger partial charge in [-0.1, -0.05) is 0 Å². The van der Waals surface area contributed by atoms with E-state index in [0.29, 0.717) is 18.4 Å². The van der Waals surface area contributed by atoms with Gasteiger partial charge < -0.3 is 14.1 Å². The number of carbonyl (C=O) groups is 1. The van der Waals surface area contributed by atoms with Gasteiger partial charge >= 0.3 is 6.09 Å². The Morgan fingerprint density at radius 2 is 2.14 bits per heavy atom. The molecule has 1 saturated heterocycles. The van der Waals surface area contributed by atoms with Crippen molar-refractivity contribution in [1.82, 2.24) is 15.1 Å². The molecule has 2 aliphatic carbocycles. The van der Waals surface area contributed by atoms with Crippen LogP contribution in [0, 0.1) is 5.92 Å². The van der Waals surface area contributed by atoms with Crippen LogP contribution in [-0.4, -0.2) is 39.9 Å². The highest BCUT2D eigenvalue weighted by atomic mass is 16.6. The zero-order valence-electron chi connectivity index (χ0n) is 12.8. The van der Waals surface area contributed by atoms with E-state index in [2.05, 4.69) is 10.2 Å². The van der Waals surface area contributed by atoms with Crippen LogP contribution in [0.4, 0.5) is 4.79 Å². The molecule has 2 saturated carbocycles. The second-order valence-electron chi connectivity index (χ2n) is 7.64. The minimum atomic E-state index is -0.458. The summed E-state index contributed by atoms with van der Waals surface area (Å²) in [5, 5.41) is 8.42. The third-order valence-corrected chi connectivity index (χ3v) is 4.59. The molecule has 21 heavy (non-hydrogen) atoms. The van der Waals surface area contributed by atoms with Crippen molar-refractivity contribution < 1.29 is 13.9 Å². The normalized spacial score (nSPS) is 31.2. The van der Waals surface area contributed by atoms with Crippen LogP contribution in [0.5, 0.6) is 0 Å². The van der Waals surface area contributed by atoms with Crippen LogP contribution in [0.2, 0.25) is 0 Å². The second kappa shape index (κ2) is 3.99. The minimum Gasteiger partial charge on any atom is -0.444 e. The Labute approximate surface area is 123 Å². The zero-order chi connectivity index (χ0) is 14.8. The van der Waals surface area contributed by atoms with E-state index in [4.69, 9.17) is 9.15 Å². The standard InChI is InChI=1S/C15H21N3O3/c1-14(2,3)21-13(19)18-7-10-6-15(10,8-18)12-17-16-11(20-12)9-4-5-9/h9-10H,4-8H2,1-3H3. The first-order chi connectivity index (χ1) is 9.87. The van der Waals surface area contributed by atoms with Gasteiger partial charge in [0.1, 0.15) is 5.60 Å². The molecule has 0 aromatic carbocycles. The van der Waals surface area contributed by atoms with Crippen LogP contribution in [0.1, 0.15) is 57.7 Å². The van der Waals surface area contributed by atoms with E-state index in [9.17, 15) is 4.79 Å². The van der Waals surface area contributed by atoms with E-state index in [1.807, 2.05) is 20.8 Å². The van der Waals surface area contributed by atoms with Crippen molar-refractivity contribution in [2.45, 2.75) is 57.0 Å². The van der Waals surface area contributed by atoms with Crippen LogP contribution in [0.15, 0.2) is 4.42 Å². The second-order valence-corrected chi connectivity index (χ2v) is 7.64. The lowest BCUT2D eigenvalue weighted by molar-refractivity contribution is 0.0268. The molecule has 1 aromatic rings. The van der Waals surface area contributed by atoms with Gasteiger partial charge in [-0.2, -0.15) is 0 Å². The summed E-state index contributed by atoms with van der Waals surface area (Å²) in [7, 11) is 0. The summed E-state index contributed by atoms with van der Waals surface area (Å²) in [5.41, 5.74) is -0.558. The molecule has 0 radical (unpaired) electrons. The highest BCUT2D eigenvalue weighted by molar-refractivity contribution is 5.69. The van der Waals surface area contributed by atoms with Crippen molar-refractivity contribution in [1.29, 1.82) is 0 Å². The summed E-state index contributed by atoms with van der Waals surface area (Å²) in [4.78, 5) is 13.9. The molecule has 1 amide bonds. The highest BCUT2D eigenvalue weighted by Crippen LogP contribution is 2.59. The van der Waals surface area contributed by atoms with Gasteiger partial charge in [-0.3, -0.25) is 0 Å². The van der Waals surface area contributed by atoms with E-state index < -0.39 is 5.60 Å². The van der Waals surface area contributed by atoms with Crippen molar-refractivity contribution in [3.05, 3.63) is 11.8 Å². The molecule has 3 fully saturated rings. The molecule has 1 aliphatic heterocycles. The fourth-order valence-corrected chi connectivity index (χ4v) is 3.21. The van der Waals surface area contributed by atoms with Gasteiger partial charge in [0.15, 0.2) is 0 Å². The predicted octanol–water partition coefficient (Wildman–Crippen LogP) is 2.46. The number of amides is 1. The quantitative estimate of drug-likeness (QED) is 0.837. The van der Waals surface area contributed by atoms with Crippen LogP contribution >= 0.6 is 0 Å². The number of fused-ring (bicyclic) bond motifs is 1. The molecule has 114 valence electrons. The largest absolute Gasteiger partial charge is 0.444 e. The van der Waals surface area contributed by atoms with E-state index >= 15 is 0 Å². The Kier molecular flexibility index (Phi) is 2.49. The number of nitrogens with zero attached hydrogens (tertiary/aromatic N) is 3. The van der Waals surface area contributed by atoms with E-state index in [1.165, 1.54) is 0 Å². The van der Waals surface area contributed by atoms with Crippen LogP contribution in [0.3, 0.4) is 0 Å². The highest BCUT2D eigenvalue weighted by Gasteiger charge is 2.65. The third kappa shape index (κ3) is 2.21. The van der Waals surface area contributed by atoms with Gasteiger partial charge in [0.25, 0.3) is 0 Å². The SMILES string of the molecule is CC(C)(C)OC(=O)N1CC2CC2(c2nnc(C3CC3)o2)C1. The first-order valence-electron chi connectivity index (χ1n) is 7.69. The Morgan fingerprint density at radius 3 is 2.81 bits per heavy atom. The third-order valence-electron chi connectivity index (χ3n) is 4.59. The van der Waals surface area contributed by atoms with Gasteiger partial charge in [-0.05, 0) is 46.0 Å². The summed E-state index contributed by atoms with van der Waals surface area (Å²) in [6, 6.07) is 0. The molecule has 2 unspecified atom stereocenters. The van der Waals surface area contributed by atoms with Crippen molar-refractivity contribution in [2.75, 3.05) is 13.1 Å². The van der Waals surface area contributed by atoms with Crippen LogP contribution in [0.25, 0.3) is 0 Å². The Morgan fingerprint density at radius 1 is 1.38 bits per heavy atom. The first kappa shape index (κ1) is 13.1. The smallest absolute Gasteiger partial charge is 0.410 e. The van der Waals surface area contributed by atoms with Gasteiger partial charge in [-0.15, -0.1) is 10.2 Å². The number of aromatic nitrogens is 2. The Hall–Kier alpha value is -1.59. The Balaban J connectivity index is 1.47. The van der Waals surface area contributed by atoms with E-state index in [1.54, 1.807) is 4.90 Å². The maximum Gasteiger partial charge on any atom is 0.410 e. The fraction of sp³-hybridized carbons (Fsp3) is 0.800. The monoisotopic (exact) mass is 291 g/mol. The van der Waals surface area contributed by atoms with Crippen LogP contribution in [-0.2, 0) is 10.2 Å². The number of hydrogen-bond acceptors (Lipinski definition) is 5. The lowest BCUT2D eigenvalue weighted by atomic mass is 10.1.